The van der Waals surface area contributed by atoms with Crippen LogP contribution in [-0.2, 0) is 9.59 Å². The number of likely N-dealkylation sites (tertiary alicyclic amines) is 1. The van der Waals surface area contributed by atoms with Crippen molar-refractivity contribution in [2.45, 2.75) is 76.4 Å². The first kappa shape index (κ1) is 22.8. The van der Waals surface area contributed by atoms with Crippen molar-refractivity contribution in [2.75, 3.05) is 36.9 Å². The van der Waals surface area contributed by atoms with Crippen LogP contribution in [0.5, 0.6) is 0 Å². The molecule has 0 radical (unpaired) electrons. The number of amides is 2. The third-order valence-electron chi connectivity index (χ3n) is 9.05. The van der Waals surface area contributed by atoms with Crippen molar-refractivity contribution in [3.8, 4) is 0 Å². The number of aliphatic hydroxyl groups is 1. The Hall–Kier alpha value is -1.99. The van der Waals surface area contributed by atoms with Gasteiger partial charge in [0, 0.05) is 44.0 Å². The van der Waals surface area contributed by atoms with Crippen LogP contribution in [0, 0.1) is 17.2 Å². The summed E-state index contributed by atoms with van der Waals surface area (Å²) < 4.78 is 15.6. The molecule has 0 bridgehead atoms. The molecule has 2 saturated heterocycles. The summed E-state index contributed by atoms with van der Waals surface area (Å²) in [5.41, 5.74) is 0.595. The minimum absolute atomic E-state index is 0.0193. The van der Waals surface area contributed by atoms with Crippen LogP contribution in [0.4, 0.5) is 15.8 Å². The zero-order chi connectivity index (χ0) is 23.2. The molecular formula is C26H37FN3O3+. The molecule has 2 heterocycles. The average molecular weight is 459 g/mol. The fraction of sp³-hybridized carbons (Fsp3) is 0.692. The van der Waals surface area contributed by atoms with Crippen molar-refractivity contribution >= 4 is 23.2 Å². The SMILES string of the molecule is C[N+]1(C2CCC(O)CC2)CC[C@@]2(CCCN(c3ccc(NC(=O)C4CCC4)cc3F)C2)C1=O. The molecule has 1 unspecified atom stereocenters. The van der Waals surface area contributed by atoms with Gasteiger partial charge in [0.15, 0.2) is 0 Å². The Morgan fingerprint density at radius 3 is 2.58 bits per heavy atom. The number of rotatable bonds is 4. The first-order valence-electron chi connectivity index (χ1n) is 12.7. The molecule has 7 heteroatoms. The number of carbonyl (C=O) groups is 2. The van der Waals surface area contributed by atoms with Gasteiger partial charge in [0.25, 0.3) is 0 Å². The fourth-order valence-electron chi connectivity index (χ4n) is 6.64. The molecule has 180 valence electrons. The normalized spacial score (nSPS) is 35.0. The van der Waals surface area contributed by atoms with Crippen molar-refractivity contribution in [1.82, 2.24) is 0 Å². The molecule has 1 aromatic rings. The largest absolute Gasteiger partial charge is 0.393 e. The van der Waals surface area contributed by atoms with Gasteiger partial charge in [0.1, 0.15) is 11.2 Å². The van der Waals surface area contributed by atoms with E-state index in [2.05, 4.69) is 12.4 Å². The second kappa shape index (κ2) is 8.66. The van der Waals surface area contributed by atoms with Crippen LogP contribution in [0.1, 0.15) is 64.2 Å². The summed E-state index contributed by atoms with van der Waals surface area (Å²) in [6.07, 6.45) is 8.60. The number of quaternary nitrogens is 1. The molecule has 2 N–H and O–H groups in total. The summed E-state index contributed by atoms with van der Waals surface area (Å²) in [6.45, 7) is 2.13. The molecular weight excluding hydrogens is 421 g/mol. The van der Waals surface area contributed by atoms with Gasteiger partial charge in [-0.3, -0.25) is 9.28 Å². The van der Waals surface area contributed by atoms with Crippen LogP contribution in [0.15, 0.2) is 18.2 Å². The van der Waals surface area contributed by atoms with Crippen molar-refractivity contribution in [3.63, 3.8) is 0 Å². The van der Waals surface area contributed by atoms with Gasteiger partial charge in [-0.15, -0.1) is 0 Å². The van der Waals surface area contributed by atoms with Crippen LogP contribution in [0.25, 0.3) is 0 Å². The van der Waals surface area contributed by atoms with Gasteiger partial charge < -0.3 is 15.3 Å². The van der Waals surface area contributed by atoms with Crippen molar-refractivity contribution in [1.29, 1.82) is 0 Å². The maximum absolute atomic E-state index is 15.1. The molecule has 6 nitrogen and oxygen atoms in total. The first-order valence-corrected chi connectivity index (χ1v) is 12.7. The Labute approximate surface area is 195 Å². The number of halogens is 1. The zero-order valence-corrected chi connectivity index (χ0v) is 19.7. The molecule has 0 aromatic heterocycles. The van der Waals surface area contributed by atoms with Gasteiger partial charge in [0.05, 0.1) is 31.4 Å². The standard InChI is InChI=1S/C26H36FN3O3/c1-30(20-7-9-21(31)10-8-20)15-13-26(25(30)33)12-3-14-29(17-26)23-11-6-19(16-22(23)27)28-24(32)18-4-2-5-18/h6,11,16,18,20-21,31H,2-5,7-10,12-15,17H2,1H3/p+1/t20?,21?,26-,30?/m1/s1. The molecule has 2 amide bonds. The lowest BCUT2D eigenvalue weighted by Crippen LogP contribution is -2.59. The van der Waals surface area contributed by atoms with E-state index in [1.807, 2.05) is 4.90 Å². The van der Waals surface area contributed by atoms with Crippen molar-refractivity contribution in [2.24, 2.45) is 11.3 Å². The van der Waals surface area contributed by atoms with E-state index in [1.165, 1.54) is 6.07 Å². The molecule has 33 heavy (non-hydrogen) atoms. The second-order valence-corrected chi connectivity index (χ2v) is 11.1. The predicted molar refractivity (Wildman–Crippen MR) is 125 cm³/mol. The minimum atomic E-state index is -0.424. The van der Waals surface area contributed by atoms with E-state index in [4.69, 9.17) is 0 Å². The number of anilines is 2. The Morgan fingerprint density at radius 2 is 1.91 bits per heavy atom. The number of piperidine rings is 1. The smallest absolute Gasteiger partial charge is 0.321 e. The van der Waals surface area contributed by atoms with Crippen LogP contribution in [0.2, 0.25) is 0 Å². The van der Waals surface area contributed by atoms with Gasteiger partial charge in [-0.1, -0.05) is 6.42 Å². The predicted octanol–water partition coefficient (Wildman–Crippen LogP) is 3.83. The summed E-state index contributed by atoms with van der Waals surface area (Å²) >= 11 is 0. The molecule has 4 aliphatic rings. The number of nitrogens with one attached hydrogen (secondary N) is 1. The highest BCUT2D eigenvalue weighted by Gasteiger charge is 2.60. The van der Waals surface area contributed by atoms with E-state index in [9.17, 15) is 14.7 Å². The average Bonchev–Trinajstić information content (AvgIpc) is 2.99. The third-order valence-corrected chi connectivity index (χ3v) is 9.05. The highest BCUT2D eigenvalue weighted by molar-refractivity contribution is 5.93. The number of nitrogens with zero attached hydrogens (tertiary/aromatic N) is 2. The van der Waals surface area contributed by atoms with E-state index in [0.29, 0.717) is 28.3 Å². The lowest BCUT2D eigenvalue weighted by atomic mass is 9.78. The van der Waals surface area contributed by atoms with Crippen LogP contribution in [-0.4, -0.2) is 60.2 Å². The maximum atomic E-state index is 15.1. The summed E-state index contributed by atoms with van der Waals surface area (Å²) in [5.74, 6) is -0.00194. The molecule has 4 fully saturated rings. The van der Waals surface area contributed by atoms with E-state index >= 15 is 4.39 Å². The number of aliphatic hydroxyl groups excluding tert-OH is 1. The van der Waals surface area contributed by atoms with E-state index in [0.717, 1.165) is 77.3 Å². The second-order valence-electron chi connectivity index (χ2n) is 11.1. The quantitative estimate of drug-likeness (QED) is 0.673. The minimum Gasteiger partial charge on any atom is -0.393 e. The number of hydrogen-bond acceptors (Lipinski definition) is 4. The third kappa shape index (κ3) is 4.08. The molecule has 5 rings (SSSR count). The van der Waals surface area contributed by atoms with Crippen LogP contribution >= 0.6 is 0 Å². The van der Waals surface area contributed by atoms with Gasteiger partial charge in [-0.05, 0) is 56.7 Å². The summed E-state index contributed by atoms with van der Waals surface area (Å²) in [4.78, 5) is 28.1. The van der Waals surface area contributed by atoms with Gasteiger partial charge in [-0.2, -0.15) is 0 Å². The number of carbonyl (C=O) groups excluding carboxylic acids is 2. The van der Waals surface area contributed by atoms with E-state index in [-0.39, 0.29) is 29.8 Å². The summed E-state index contributed by atoms with van der Waals surface area (Å²) in [5, 5.41) is 12.8. The zero-order valence-electron chi connectivity index (χ0n) is 19.7. The highest BCUT2D eigenvalue weighted by Crippen LogP contribution is 2.47. The van der Waals surface area contributed by atoms with Gasteiger partial charge in [0.2, 0.25) is 5.91 Å². The maximum Gasteiger partial charge on any atom is 0.321 e. The molecule has 2 aliphatic heterocycles. The molecule has 2 aliphatic carbocycles. The van der Waals surface area contributed by atoms with E-state index in [1.54, 1.807) is 12.1 Å². The fourth-order valence-corrected chi connectivity index (χ4v) is 6.64. The molecule has 1 spiro atoms. The van der Waals surface area contributed by atoms with Crippen molar-refractivity contribution < 1.29 is 23.6 Å². The summed E-state index contributed by atoms with van der Waals surface area (Å²) in [6, 6.07) is 5.23. The Kier molecular flexibility index (Phi) is 5.98. The molecule has 1 aromatic carbocycles. The van der Waals surface area contributed by atoms with Gasteiger partial charge in [-0.25, -0.2) is 9.18 Å². The summed E-state index contributed by atoms with van der Waals surface area (Å²) in [7, 11) is 2.08. The monoisotopic (exact) mass is 458 g/mol. The van der Waals surface area contributed by atoms with Crippen LogP contribution < -0.4 is 10.2 Å². The number of hydrogen-bond donors (Lipinski definition) is 2. The lowest BCUT2D eigenvalue weighted by Gasteiger charge is -2.43. The Morgan fingerprint density at radius 1 is 1.15 bits per heavy atom. The Bertz CT molecular complexity index is 927. The molecule has 2 atom stereocenters. The lowest BCUT2D eigenvalue weighted by molar-refractivity contribution is -0.855. The van der Waals surface area contributed by atoms with E-state index < -0.39 is 5.41 Å². The highest BCUT2D eigenvalue weighted by atomic mass is 19.1. The van der Waals surface area contributed by atoms with Gasteiger partial charge >= 0.3 is 5.91 Å². The number of benzene rings is 1. The molecule has 2 saturated carbocycles. The topological polar surface area (TPSA) is 69.6 Å². The van der Waals surface area contributed by atoms with Crippen LogP contribution in [0.3, 0.4) is 0 Å². The first-order chi connectivity index (χ1) is 15.8. The van der Waals surface area contributed by atoms with Crippen molar-refractivity contribution in [3.05, 3.63) is 24.0 Å². The Balaban J connectivity index is 1.29.